The van der Waals surface area contributed by atoms with Crippen molar-refractivity contribution >= 4 is 0 Å². The molecule has 122 valence electrons. The van der Waals surface area contributed by atoms with E-state index in [-0.39, 0.29) is 11.5 Å². The highest BCUT2D eigenvalue weighted by molar-refractivity contribution is 5.44. The van der Waals surface area contributed by atoms with E-state index < -0.39 is 0 Å². The molecule has 0 radical (unpaired) electrons. The molecule has 0 N–H and O–H groups in total. The second kappa shape index (κ2) is 6.92. The van der Waals surface area contributed by atoms with Gasteiger partial charge in [0.2, 0.25) is 0 Å². The second-order valence-corrected chi connectivity index (χ2v) is 7.04. The van der Waals surface area contributed by atoms with Crippen LogP contribution < -0.4 is 4.74 Å². The van der Waals surface area contributed by atoms with Gasteiger partial charge in [0.25, 0.3) is 0 Å². The number of hydrogen-bond acceptors (Lipinski definition) is 1. The number of rotatable bonds is 4. The van der Waals surface area contributed by atoms with Crippen LogP contribution in [0.4, 0.5) is 0 Å². The molecule has 1 heteroatoms. The Bertz CT molecular complexity index is 713. The summed E-state index contributed by atoms with van der Waals surface area (Å²) >= 11 is 0. The quantitative estimate of drug-likeness (QED) is 0.533. The van der Waals surface area contributed by atoms with Crippen LogP contribution in [0.1, 0.15) is 43.4 Å². The molecule has 0 saturated heterocycles. The maximum atomic E-state index is 5.95. The second-order valence-electron chi connectivity index (χ2n) is 7.04. The summed E-state index contributed by atoms with van der Waals surface area (Å²) in [5, 5.41) is 0. The highest BCUT2D eigenvalue weighted by Gasteiger charge is 2.17. The molecule has 0 amide bonds. The number of hydrogen-bond donors (Lipinski definition) is 0. The third kappa shape index (κ3) is 4.05. The van der Waals surface area contributed by atoms with Gasteiger partial charge < -0.3 is 4.74 Å². The first kappa shape index (κ1) is 16.3. The monoisotopic (exact) mass is 316 g/mol. The van der Waals surface area contributed by atoms with Crippen LogP contribution in [0.3, 0.4) is 0 Å². The Balaban J connectivity index is 1.98. The third-order valence-corrected chi connectivity index (χ3v) is 3.90. The normalized spacial score (nSPS) is 11.5. The van der Waals surface area contributed by atoms with Gasteiger partial charge in [0.05, 0.1) is 0 Å². The Morgan fingerprint density at radius 1 is 0.583 bits per heavy atom. The lowest BCUT2D eigenvalue weighted by molar-refractivity contribution is 0.131. The van der Waals surface area contributed by atoms with Crippen molar-refractivity contribution in [3.63, 3.8) is 0 Å². The minimum Gasteiger partial charge on any atom is -0.488 e. The predicted octanol–water partition coefficient (Wildman–Crippen LogP) is 6.04. The van der Waals surface area contributed by atoms with Gasteiger partial charge in [-0.2, -0.15) is 0 Å². The van der Waals surface area contributed by atoms with E-state index in [0.29, 0.717) is 0 Å². The van der Waals surface area contributed by atoms with Crippen molar-refractivity contribution in [2.45, 2.75) is 32.3 Å². The third-order valence-electron chi connectivity index (χ3n) is 3.90. The van der Waals surface area contributed by atoms with Crippen LogP contribution in [0.5, 0.6) is 5.75 Å². The lowest BCUT2D eigenvalue weighted by Gasteiger charge is -2.23. The van der Waals surface area contributed by atoms with Gasteiger partial charge in [-0.25, -0.2) is 0 Å². The molecule has 1 nitrogen and oxygen atoms in total. The van der Waals surface area contributed by atoms with Crippen LogP contribution in [0.15, 0.2) is 84.9 Å². The van der Waals surface area contributed by atoms with Gasteiger partial charge in [-0.1, -0.05) is 72.8 Å². The van der Waals surface area contributed by atoms with Crippen molar-refractivity contribution in [2.24, 2.45) is 0 Å². The summed E-state index contributed by atoms with van der Waals surface area (Å²) in [7, 11) is 0. The van der Waals surface area contributed by atoms with Gasteiger partial charge in [-0.15, -0.1) is 0 Å². The van der Waals surface area contributed by atoms with E-state index >= 15 is 0 Å². The maximum Gasteiger partial charge on any atom is 0.120 e. The maximum absolute atomic E-state index is 5.95. The molecule has 0 aliphatic rings. The molecule has 0 heterocycles. The van der Waals surface area contributed by atoms with Crippen molar-refractivity contribution in [1.82, 2.24) is 0 Å². The van der Waals surface area contributed by atoms with E-state index in [2.05, 4.69) is 106 Å². The zero-order valence-electron chi connectivity index (χ0n) is 14.6. The summed E-state index contributed by atoms with van der Waals surface area (Å²) in [6, 6.07) is 29.8. The zero-order chi connectivity index (χ0) is 17.0. The number of ether oxygens (including phenoxy) is 1. The first-order valence-corrected chi connectivity index (χ1v) is 8.42. The molecule has 3 aromatic rings. The first-order valence-electron chi connectivity index (χ1n) is 8.42. The lowest BCUT2D eigenvalue weighted by Crippen LogP contribution is -2.22. The fraction of sp³-hybridized carbons (Fsp3) is 0.217. The minimum absolute atomic E-state index is 0.181. The van der Waals surface area contributed by atoms with Crippen molar-refractivity contribution < 1.29 is 4.74 Å². The molecule has 0 aromatic heterocycles. The molecule has 0 bridgehead atoms. The van der Waals surface area contributed by atoms with E-state index in [1.165, 1.54) is 16.7 Å². The number of benzene rings is 3. The molecule has 3 rings (SSSR count). The van der Waals surface area contributed by atoms with Crippen molar-refractivity contribution in [3.8, 4) is 5.75 Å². The molecular formula is C23H24O. The molecule has 3 aromatic carbocycles. The van der Waals surface area contributed by atoms with E-state index in [0.717, 1.165) is 5.75 Å². The van der Waals surface area contributed by atoms with Gasteiger partial charge in [-0.05, 0) is 49.6 Å². The van der Waals surface area contributed by atoms with Crippen LogP contribution >= 0.6 is 0 Å². The topological polar surface area (TPSA) is 9.23 Å². The molecule has 0 aliphatic carbocycles. The fourth-order valence-corrected chi connectivity index (χ4v) is 2.95. The van der Waals surface area contributed by atoms with E-state index in [1.54, 1.807) is 0 Å². The Morgan fingerprint density at radius 3 is 1.42 bits per heavy atom. The summed E-state index contributed by atoms with van der Waals surface area (Å²) in [4.78, 5) is 0. The Labute approximate surface area is 144 Å². The highest BCUT2D eigenvalue weighted by atomic mass is 16.5. The van der Waals surface area contributed by atoms with E-state index in [4.69, 9.17) is 4.74 Å². The van der Waals surface area contributed by atoms with Gasteiger partial charge in [-0.3, -0.25) is 0 Å². The average Bonchev–Trinajstić information content (AvgIpc) is 2.57. The van der Waals surface area contributed by atoms with Crippen LogP contribution in [0, 0.1) is 0 Å². The molecule has 0 spiro atoms. The van der Waals surface area contributed by atoms with Crippen molar-refractivity contribution in [2.75, 3.05) is 0 Å². The first-order chi connectivity index (χ1) is 11.5. The molecule has 0 fully saturated rings. The Morgan fingerprint density at radius 2 is 1.00 bits per heavy atom. The largest absolute Gasteiger partial charge is 0.488 e. The van der Waals surface area contributed by atoms with Gasteiger partial charge in [0.1, 0.15) is 11.4 Å². The molecular weight excluding hydrogens is 292 g/mol. The molecule has 0 atom stereocenters. The summed E-state index contributed by atoms with van der Waals surface area (Å²) in [6.45, 7) is 6.20. The predicted molar refractivity (Wildman–Crippen MR) is 101 cm³/mol. The Kier molecular flexibility index (Phi) is 4.71. The summed E-state index contributed by atoms with van der Waals surface area (Å²) in [6.07, 6.45) is 0. The Hall–Kier alpha value is -2.54. The van der Waals surface area contributed by atoms with E-state index in [1.807, 2.05) is 0 Å². The van der Waals surface area contributed by atoms with Crippen LogP contribution in [-0.2, 0) is 0 Å². The molecule has 0 aliphatic heterocycles. The van der Waals surface area contributed by atoms with Crippen molar-refractivity contribution in [3.05, 3.63) is 102 Å². The minimum atomic E-state index is -0.181. The van der Waals surface area contributed by atoms with Crippen LogP contribution in [0.25, 0.3) is 0 Å². The molecule has 24 heavy (non-hydrogen) atoms. The van der Waals surface area contributed by atoms with Crippen molar-refractivity contribution in [1.29, 1.82) is 0 Å². The van der Waals surface area contributed by atoms with Gasteiger partial charge >= 0.3 is 0 Å². The van der Waals surface area contributed by atoms with Gasteiger partial charge in [0.15, 0.2) is 0 Å². The summed E-state index contributed by atoms with van der Waals surface area (Å²) < 4.78 is 5.95. The standard InChI is InChI=1S/C23H24O/c1-23(2,3)24-21-16-14-20(15-17-21)22(18-10-6-4-7-11-18)19-12-8-5-9-13-19/h4-17,22H,1-3H3. The van der Waals surface area contributed by atoms with E-state index in [9.17, 15) is 0 Å². The average molecular weight is 316 g/mol. The van der Waals surface area contributed by atoms with Crippen LogP contribution in [-0.4, -0.2) is 5.60 Å². The lowest BCUT2D eigenvalue weighted by atomic mass is 9.85. The van der Waals surface area contributed by atoms with Crippen LogP contribution in [0.2, 0.25) is 0 Å². The fourth-order valence-electron chi connectivity index (χ4n) is 2.95. The molecule has 0 unspecified atom stereocenters. The summed E-state index contributed by atoms with van der Waals surface area (Å²) in [5.74, 6) is 1.14. The smallest absolute Gasteiger partial charge is 0.120 e. The van der Waals surface area contributed by atoms with Gasteiger partial charge in [0, 0.05) is 5.92 Å². The SMILES string of the molecule is CC(C)(C)Oc1ccc(C(c2ccccc2)c2ccccc2)cc1. The highest BCUT2D eigenvalue weighted by Crippen LogP contribution is 2.33. The molecule has 0 saturated carbocycles. The zero-order valence-corrected chi connectivity index (χ0v) is 14.6. The summed E-state index contributed by atoms with van der Waals surface area (Å²) in [5.41, 5.74) is 3.69.